The van der Waals surface area contributed by atoms with Gasteiger partial charge in [-0.3, -0.25) is 14.2 Å². The number of ether oxygens (including phenoxy) is 1. The molecule has 0 bridgehead atoms. The summed E-state index contributed by atoms with van der Waals surface area (Å²) in [5.74, 6) is 0.438. The van der Waals surface area contributed by atoms with E-state index in [1.807, 2.05) is 37.3 Å². The largest absolute Gasteiger partial charge is 0.497 e. The van der Waals surface area contributed by atoms with Gasteiger partial charge in [0.1, 0.15) is 12.3 Å². The maximum absolute atomic E-state index is 12.3. The van der Waals surface area contributed by atoms with Gasteiger partial charge in [0, 0.05) is 21.8 Å². The van der Waals surface area contributed by atoms with E-state index in [9.17, 15) is 9.59 Å². The van der Waals surface area contributed by atoms with Crippen molar-refractivity contribution in [2.24, 2.45) is 0 Å². The van der Waals surface area contributed by atoms with Gasteiger partial charge in [-0.05, 0) is 55.0 Å². The van der Waals surface area contributed by atoms with Crippen LogP contribution in [0.3, 0.4) is 0 Å². The Balaban J connectivity index is 1.73. The number of carbonyl (C=O) groups is 1. The third-order valence-corrected chi connectivity index (χ3v) is 4.54. The van der Waals surface area contributed by atoms with Crippen LogP contribution in [0.25, 0.3) is 11.3 Å². The normalized spacial score (nSPS) is 10.5. The quantitative estimate of drug-likeness (QED) is 0.674. The lowest BCUT2D eigenvalue weighted by atomic mass is 10.1. The summed E-state index contributed by atoms with van der Waals surface area (Å²) in [6.45, 7) is 1.79. The van der Waals surface area contributed by atoms with Gasteiger partial charge < -0.3 is 10.1 Å². The number of aromatic nitrogens is 2. The zero-order chi connectivity index (χ0) is 19.4. The van der Waals surface area contributed by atoms with Crippen molar-refractivity contribution in [1.82, 2.24) is 9.55 Å². The first-order chi connectivity index (χ1) is 13.0. The smallest absolute Gasteiger partial charge is 0.254 e. The Morgan fingerprint density at radius 2 is 1.93 bits per heavy atom. The van der Waals surface area contributed by atoms with Gasteiger partial charge in [-0.25, -0.2) is 4.98 Å². The van der Waals surface area contributed by atoms with Crippen LogP contribution >= 0.6 is 15.9 Å². The van der Waals surface area contributed by atoms with Crippen molar-refractivity contribution in [1.29, 1.82) is 0 Å². The molecule has 0 saturated carbocycles. The van der Waals surface area contributed by atoms with Gasteiger partial charge in [-0.2, -0.15) is 0 Å². The Morgan fingerprint density at radius 3 is 2.56 bits per heavy atom. The Morgan fingerprint density at radius 1 is 1.19 bits per heavy atom. The molecule has 0 radical (unpaired) electrons. The molecule has 0 aliphatic rings. The van der Waals surface area contributed by atoms with Gasteiger partial charge in [0.25, 0.3) is 5.56 Å². The van der Waals surface area contributed by atoms with Gasteiger partial charge >= 0.3 is 0 Å². The molecule has 1 amide bonds. The van der Waals surface area contributed by atoms with E-state index in [1.165, 1.54) is 17.0 Å². The number of halogens is 1. The van der Waals surface area contributed by atoms with Crippen LogP contribution in [0.5, 0.6) is 5.75 Å². The van der Waals surface area contributed by atoms with E-state index in [0.717, 1.165) is 21.3 Å². The molecule has 6 nitrogen and oxygen atoms in total. The molecule has 1 aromatic heterocycles. The van der Waals surface area contributed by atoms with Crippen LogP contribution in [0.15, 0.2) is 64.1 Å². The average molecular weight is 428 g/mol. The van der Waals surface area contributed by atoms with Gasteiger partial charge in [-0.1, -0.05) is 15.9 Å². The molecule has 1 N–H and O–H groups in total. The summed E-state index contributed by atoms with van der Waals surface area (Å²) in [5, 5.41) is 2.81. The number of nitrogens with one attached hydrogen (secondary N) is 1. The van der Waals surface area contributed by atoms with E-state index in [1.54, 1.807) is 19.2 Å². The fourth-order valence-electron chi connectivity index (χ4n) is 2.58. The van der Waals surface area contributed by atoms with Crippen molar-refractivity contribution < 1.29 is 9.53 Å². The van der Waals surface area contributed by atoms with E-state index in [2.05, 4.69) is 26.2 Å². The predicted molar refractivity (Wildman–Crippen MR) is 108 cm³/mol. The summed E-state index contributed by atoms with van der Waals surface area (Å²) >= 11 is 3.39. The number of methoxy groups -OCH3 is 1. The molecular formula is C20H18BrN3O3. The fraction of sp³-hybridized carbons (Fsp3) is 0.150. The van der Waals surface area contributed by atoms with E-state index in [4.69, 9.17) is 4.74 Å². The summed E-state index contributed by atoms with van der Waals surface area (Å²) in [4.78, 5) is 28.9. The van der Waals surface area contributed by atoms with Crippen molar-refractivity contribution in [3.8, 4) is 17.0 Å². The second-order valence-corrected chi connectivity index (χ2v) is 6.89. The van der Waals surface area contributed by atoms with E-state index >= 15 is 0 Å². The number of aryl methyl sites for hydroxylation is 1. The topological polar surface area (TPSA) is 73.2 Å². The minimum atomic E-state index is -0.293. The standard InChI is InChI=1S/C20H18BrN3O3/c1-13-9-15(21)5-8-17(13)23-19(25)11-24-12-22-18(10-20(24)26)14-3-6-16(27-2)7-4-14/h3-10,12H,11H2,1-2H3,(H,23,25). The second-order valence-electron chi connectivity index (χ2n) is 5.98. The molecule has 0 aliphatic heterocycles. The molecule has 0 saturated heterocycles. The first-order valence-corrected chi connectivity index (χ1v) is 9.02. The molecule has 1 heterocycles. The maximum Gasteiger partial charge on any atom is 0.254 e. The molecule has 27 heavy (non-hydrogen) atoms. The van der Waals surface area contributed by atoms with Crippen molar-refractivity contribution in [2.45, 2.75) is 13.5 Å². The van der Waals surface area contributed by atoms with Crippen LogP contribution in [0.1, 0.15) is 5.56 Å². The molecule has 0 fully saturated rings. The number of nitrogens with zero attached hydrogens (tertiary/aromatic N) is 2. The van der Waals surface area contributed by atoms with Gasteiger partial charge in [0.15, 0.2) is 0 Å². The molecule has 0 spiro atoms. The number of benzene rings is 2. The van der Waals surface area contributed by atoms with Crippen molar-refractivity contribution in [3.05, 3.63) is 75.2 Å². The highest BCUT2D eigenvalue weighted by Crippen LogP contribution is 2.20. The zero-order valence-electron chi connectivity index (χ0n) is 14.9. The molecule has 2 aromatic carbocycles. The summed E-state index contributed by atoms with van der Waals surface area (Å²) in [6, 6.07) is 14.2. The van der Waals surface area contributed by atoms with Crippen LogP contribution < -0.4 is 15.6 Å². The summed E-state index contributed by atoms with van der Waals surface area (Å²) in [6.07, 6.45) is 1.38. The zero-order valence-corrected chi connectivity index (χ0v) is 16.5. The number of anilines is 1. The van der Waals surface area contributed by atoms with Gasteiger partial charge in [-0.15, -0.1) is 0 Å². The first-order valence-electron chi connectivity index (χ1n) is 8.23. The summed E-state index contributed by atoms with van der Waals surface area (Å²) < 4.78 is 7.33. The third-order valence-electron chi connectivity index (χ3n) is 4.04. The van der Waals surface area contributed by atoms with Gasteiger partial charge in [0.2, 0.25) is 5.91 Å². The Bertz CT molecular complexity index is 1030. The van der Waals surface area contributed by atoms with Gasteiger partial charge in [0.05, 0.1) is 19.1 Å². The average Bonchev–Trinajstić information content (AvgIpc) is 2.66. The predicted octanol–water partition coefficient (Wildman–Crippen LogP) is 3.63. The van der Waals surface area contributed by atoms with E-state index in [-0.39, 0.29) is 18.0 Å². The highest BCUT2D eigenvalue weighted by atomic mass is 79.9. The minimum absolute atomic E-state index is 0.107. The van der Waals surface area contributed by atoms with Crippen molar-refractivity contribution >= 4 is 27.5 Å². The van der Waals surface area contributed by atoms with Crippen molar-refractivity contribution in [3.63, 3.8) is 0 Å². The fourth-order valence-corrected chi connectivity index (χ4v) is 3.05. The molecule has 7 heteroatoms. The highest BCUT2D eigenvalue weighted by Gasteiger charge is 2.09. The molecule has 0 atom stereocenters. The number of amides is 1. The second kappa shape index (κ2) is 8.18. The maximum atomic E-state index is 12.3. The molecule has 0 unspecified atom stereocenters. The number of carbonyl (C=O) groups excluding carboxylic acids is 1. The molecule has 3 aromatic rings. The van der Waals surface area contributed by atoms with Crippen LogP contribution in [0.2, 0.25) is 0 Å². The van der Waals surface area contributed by atoms with E-state index < -0.39 is 0 Å². The lowest BCUT2D eigenvalue weighted by molar-refractivity contribution is -0.116. The van der Waals surface area contributed by atoms with Crippen molar-refractivity contribution in [2.75, 3.05) is 12.4 Å². The number of rotatable bonds is 5. The molecule has 0 aliphatic carbocycles. The van der Waals surface area contributed by atoms with Crippen LogP contribution in [-0.4, -0.2) is 22.6 Å². The summed E-state index contributed by atoms with van der Waals surface area (Å²) in [7, 11) is 1.59. The Kier molecular flexibility index (Phi) is 5.71. The van der Waals surface area contributed by atoms with E-state index in [0.29, 0.717) is 11.4 Å². The number of hydrogen-bond acceptors (Lipinski definition) is 4. The SMILES string of the molecule is COc1ccc(-c2cc(=O)n(CC(=O)Nc3ccc(Br)cc3C)cn2)cc1. The third kappa shape index (κ3) is 4.62. The minimum Gasteiger partial charge on any atom is -0.497 e. The van der Waals surface area contributed by atoms with Crippen LogP contribution in [-0.2, 0) is 11.3 Å². The first kappa shape index (κ1) is 18.8. The van der Waals surface area contributed by atoms with Crippen LogP contribution in [0.4, 0.5) is 5.69 Å². The van der Waals surface area contributed by atoms with Crippen LogP contribution in [0, 0.1) is 6.92 Å². The molecule has 3 rings (SSSR count). The number of hydrogen-bond donors (Lipinski definition) is 1. The monoisotopic (exact) mass is 427 g/mol. The lowest BCUT2D eigenvalue weighted by Gasteiger charge is -2.10. The Hall–Kier alpha value is -2.93. The summed E-state index contributed by atoms with van der Waals surface area (Å²) in [5.41, 5.74) is 2.69. The Labute approximate surface area is 165 Å². The molecular weight excluding hydrogens is 410 g/mol. The lowest BCUT2D eigenvalue weighted by Crippen LogP contribution is -2.27. The molecule has 138 valence electrons. The highest BCUT2D eigenvalue weighted by molar-refractivity contribution is 9.10.